The molecule has 50 valence electrons. The van der Waals surface area contributed by atoms with E-state index in [2.05, 4.69) is 37.4 Å². The fraction of sp³-hybridized carbons (Fsp3) is 0.429. The van der Waals surface area contributed by atoms with Gasteiger partial charge in [-0.3, -0.25) is 0 Å². The van der Waals surface area contributed by atoms with Crippen LogP contribution in [0.1, 0.15) is 6.42 Å². The molecule has 0 aromatic carbocycles. The summed E-state index contributed by atoms with van der Waals surface area (Å²) in [6.45, 7) is 0. The van der Waals surface area contributed by atoms with Gasteiger partial charge in [-0.15, -0.1) is 0 Å². The summed E-state index contributed by atoms with van der Waals surface area (Å²) in [7, 11) is 0. The molecule has 0 aromatic rings. The molecule has 0 amide bonds. The summed E-state index contributed by atoms with van der Waals surface area (Å²) in [6.07, 6.45) is 9.26. The number of allylic oxidation sites excluding steroid dienone is 3. The van der Waals surface area contributed by atoms with Crippen molar-refractivity contribution >= 4 is 25.3 Å². The highest BCUT2D eigenvalue weighted by molar-refractivity contribution is 7.85. The van der Waals surface area contributed by atoms with E-state index in [9.17, 15) is 0 Å². The van der Waals surface area contributed by atoms with Gasteiger partial charge in [0, 0.05) is 10.5 Å². The van der Waals surface area contributed by atoms with E-state index in [-0.39, 0.29) is 0 Å². The Hall–Kier alpha value is 0.180. The van der Waals surface area contributed by atoms with E-state index in [0.29, 0.717) is 10.5 Å². The van der Waals surface area contributed by atoms with Gasteiger partial charge in [0.05, 0.1) is 0 Å². The molecule has 0 aliphatic heterocycles. The molecule has 2 atom stereocenters. The Kier molecular flexibility index (Phi) is 2.73. The quantitative estimate of drug-likeness (QED) is 0.496. The van der Waals surface area contributed by atoms with Crippen LogP contribution in [0, 0.1) is 0 Å². The van der Waals surface area contributed by atoms with Crippen LogP contribution in [0.15, 0.2) is 24.3 Å². The van der Waals surface area contributed by atoms with Crippen molar-refractivity contribution in [3.8, 4) is 0 Å². The second kappa shape index (κ2) is 3.37. The second-order valence-electron chi connectivity index (χ2n) is 2.11. The average Bonchev–Trinajstić information content (AvgIpc) is 1.99. The maximum absolute atomic E-state index is 4.35. The van der Waals surface area contributed by atoms with Crippen molar-refractivity contribution in [2.75, 3.05) is 0 Å². The molecule has 0 unspecified atom stereocenters. The number of hydrogen-bond acceptors (Lipinski definition) is 2. The number of thiol groups is 2. The summed E-state index contributed by atoms with van der Waals surface area (Å²) in [5, 5.41) is 0.687. The predicted molar refractivity (Wildman–Crippen MR) is 48.4 cm³/mol. The minimum Gasteiger partial charge on any atom is -0.174 e. The minimum absolute atomic E-state index is 0.309. The zero-order chi connectivity index (χ0) is 6.69. The van der Waals surface area contributed by atoms with Crippen molar-refractivity contribution in [3.63, 3.8) is 0 Å². The van der Waals surface area contributed by atoms with E-state index in [0.717, 1.165) is 6.42 Å². The van der Waals surface area contributed by atoms with E-state index in [4.69, 9.17) is 0 Å². The van der Waals surface area contributed by atoms with Gasteiger partial charge < -0.3 is 0 Å². The lowest BCUT2D eigenvalue weighted by atomic mass is 10.2. The highest BCUT2D eigenvalue weighted by Gasteiger charge is 2.09. The third kappa shape index (κ3) is 2.11. The smallest absolute Gasteiger partial charge is 0.0319 e. The molecular formula is C7H10S2. The molecule has 0 saturated carbocycles. The van der Waals surface area contributed by atoms with Crippen molar-refractivity contribution in [3.05, 3.63) is 24.3 Å². The maximum atomic E-state index is 4.35. The Morgan fingerprint density at radius 3 is 2.78 bits per heavy atom. The zero-order valence-corrected chi connectivity index (χ0v) is 6.85. The molecule has 2 heteroatoms. The third-order valence-electron chi connectivity index (χ3n) is 1.33. The topological polar surface area (TPSA) is 0 Å². The van der Waals surface area contributed by atoms with E-state index >= 15 is 0 Å². The summed E-state index contributed by atoms with van der Waals surface area (Å²) in [4.78, 5) is 0. The van der Waals surface area contributed by atoms with Crippen molar-refractivity contribution < 1.29 is 0 Å². The van der Waals surface area contributed by atoms with Gasteiger partial charge in [0.1, 0.15) is 0 Å². The molecule has 1 rings (SSSR count). The van der Waals surface area contributed by atoms with Gasteiger partial charge in [-0.2, -0.15) is 25.3 Å². The van der Waals surface area contributed by atoms with E-state index in [1.807, 2.05) is 12.2 Å². The maximum Gasteiger partial charge on any atom is 0.0319 e. The molecule has 0 nitrogen and oxygen atoms in total. The first-order valence-corrected chi connectivity index (χ1v) is 4.03. The lowest BCUT2D eigenvalue weighted by molar-refractivity contribution is 0.926. The Labute approximate surface area is 66.9 Å². The molecule has 0 fully saturated rings. The second-order valence-corrected chi connectivity index (χ2v) is 3.37. The first kappa shape index (κ1) is 7.29. The summed E-state index contributed by atoms with van der Waals surface area (Å²) in [5.74, 6) is 0. The molecule has 0 spiro atoms. The van der Waals surface area contributed by atoms with Gasteiger partial charge in [-0.25, -0.2) is 0 Å². The van der Waals surface area contributed by atoms with Crippen LogP contribution in [0.3, 0.4) is 0 Å². The SMILES string of the molecule is S[C@@H]1C=CC=CC[C@@H]1S. The molecule has 9 heavy (non-hydrogen) atoms. The van der Waals surface area contributed by atoms with Crippen LogP contribution in [0.2, 0.25) is 0 Å². The van der Waals surface area contributed by atoms with Crippen molar-refractivity contribution in [1.29, 1.82) is 0 Å². The van der Waals surface area contributed by atoms with Gasteiger partial charge in [-0.1, -0.05) is 24.3 Å². The highest BCUT2D eigenvalue weighted by Crippen LogP contribution is 2.16. The predicted octanol–water partition coefficient (Wildman–Crippen LogP) is 2.10. The van der Waals surface area contributed by atoms with Crippen molar-refractivity contribution in [1.82, 2.24) is 0 Å². The fourth-order valence-electron chi connectivity index (χ4n) is 0.742. The van der Waals surface area contributed by atoms with Crippen LogP contribution in [-0.2, 0) is 0 Å². The van der Waals surface area contributed by atoms with Crippen LogP contribution in [-0.4, -0.2) is 10.5 Å². The first-order valence-electron chi connectivity index (χ1n) is 3.00. The molecule has 0 heterocycles. The summed E-state index contributed by atoms with van der Waals surface area (Å²) >= 11 is 8.67. The van der Waals surface area contributed by atoms with Crippen LogP contribution in [0.25, 0.3) is 0 Å². The number of rotatable bonds is 0. The monoisotopic (exact) mass is 158 g/mol. The molecule has 0 N–H and O–H groups in total. The van der Waals surface area contributed by atoms with Gasteiger partial charge in [0.25, 0.3) is 0 Å². The summed E-state index contributed by atoms with van der Waals surface area (Å²) in [6, 6.07) is 0. The van der Waals surface area contributed by atoms with Crippen LogP contribution >= 0.6 is 25.3 Å². The molecule has 0 radical (unpaired) electrons. The van der Waals surface area contributed by atoms with Crippen molar-refractivity contribution in [2.24, 2.45) is 0 Å². The van der Waals surface area contributed by atoms with E-state index in [1.54, 1.807) is 0 Å². The zero-order valence-electron chi connectivity index (χ0n) is 5.07. The van der Waals surface area contributed by atoms with E-state index < -0.39 is 0 Å². The summed E-state index contributed by atoms with van der Waals surface area (Å²) in [5.41, 5.74) is 0. The van der Waals surface area contributed by atoms with Gasteiger partial charge >= 0.3 is 0 Å². The Balaban J connectivity index is 2.58. The fourth-order valence-corrected chi connectivity index (χ4v) is 1.18. The number of hydrogen-bond donors (Lipinski definition) is 2. The van der Waals surface area contributed by atoms with Crippen LogP contribution in [0.5, 0.6) is 0 Å². The molecule has 1 aliphatic rings. The molecule has 0 saturated heterocycles. The highest BCUT2D eigenvalue weighted by atomic mass is 32.1. The molecule has 0 aromatic heterocycles. The molecule has 1 aliphatic carbocycles. The van der Waals surface area contributed by atoms with Gasteiger partial charge in [-0.05, 0) is 6.42 Å². The Morgan fingerprint density at radius 1 is 1.22 bits per heavy atom. The third-order valence-corrected chi connectivity index (χ3v) is 2.63. The molecular weight excluding hydrogens is 148 g/mol. The normalized spacial score (nSPS) is 34.4. The van der Waals surface area contributed by atoms with Gasteiger partial charge in [0.2, 0.25) is 0 Å². The Bertz CT molecular complexity index is 138. The summed E-state index contributed by atoms with van der Waals surface area (Å²) < 4.78 is 0. The standard InChI is InChI=1S/C7H10S2/c8-6-4-2-1-3-5-7(6)9/h1-4,6-9H,5H2/t6-,7+/m1/s1. The van der Waals surface area contributed by atoms with Crippen LogP contribution in [0.4, 0.5) is 0 Å². The minimum atomic E-state index is 0.309. The van der Waals surface area contributed by atoms with E-state index in [1.165, 1.54) is 0 Å². The largest absolute Gasteiger partial charge is 0.174 e. The lowest BCUT2D eigenvalue weighted by Gasteiger charge is -2.09. The lowest BCUT2D eigenvalue weighted by Crippen LogP contribution is -2.09. The average molecular weight is 158 g/mol. The Morgan fingerprint density at radius 2 is 2.00 bits per heavy atom. The molecule has 0 bridgehead atoms. The van der Waals surface area contributed by atoms with Crippen LogP contribution < -0.4 is 0 Å². The van der Waals surface area contributed by atoms with Gasteiger partial charge in [0.15, 0.2) is 0 Å². The first-order chi connectivity index (χ1) is 4.30. The van der Waals surface area contributed by atoms with Crippen molar-refractivity contribution in [2.45, 2.75) is 16.9 Å².